The van der Waals surface area contributed by atoms with E-state index in [1.165, 1.54) is 0 Å². The van der Waals surface area contributed by atoms with Crippen LogP contribution in [-0.4, -0.2) is 86.8 Å². The van der Waals surface area contributed by atoms with Crippen LogP contribution >= 0.6 is 0 Å². The number of ether oxygens (including phenoxy) is 1. The number of carbonyl (C=O) groups excluding carboxylic acids is 1. The highest BCUT2D eigenvalue weighted by Crippen LogP contribution is 2.12. The monoisotopic (exact) mass is 256 g/mol. The van der Waals surface area contributed by atoms with Gasteiger partial charge < -0.3 is 20.3 Å². The Morgan fingerprint density at radius 1 is 1.28 bits per heavy atom. The fraction of sp³-hybridized carbons (Fsp3) is 0.917. The van der Waals surface area contributed by atoms with Gasteiger partial charge in [0, 0.05) is 52.2 Å². The third kappa shape index (κ3) is 3.34. The predicted molar refractivity (Wildman–Crippen MR) is 69.4 cm³/mol. The average Bonchev–Trinajstić information content (AvgIpc) is 2.41. The Kier molecular flexibility index (Phi) is 4.79. The minimum Gasteiger partial charge on any atom is -0.379 e. The molecule has 2 N–H and O–H groups in total. The minimum atomic E-state index is 0.132. The Morgan fingerprint density at radius 3 is 2.67 bits per heavy atom. The van der Waals surface area contributed by atoms with Crippen LogP contribution in [0.5, 0.6) is 0 Å². The van der Waals surface area contributed by atoms with Crippen LogP contribution in [0, 0.1) is 5.92 Å². The molecule has 0 aromatic carbocycles. The molecule has 0 aromatic rings. The largest absolute Gasteiger partial charge is 0.379 e. The lowest BCUT2D eigenvalue weighted by Crippen LogP contribution is -2.55. The molecule has 1 atom stereocenters. The van der Waals surface area contributed by atoms with Gasteiger partial charge >= 0.3 is 6.03 Å². The molecular formula is C12H24N4O2. The van der Waals surface area contributed by atoms with Gasteiger partial charge in [-0.2, -0.15) is 0 Å². The van der Waals surface area contributed by atoms with Crippen LogP contribution in [0.25, 0.3) is 0 Å². The summed E-state index contributed by atoms with van der Waals surface area (Å²) in [7, 11) is 1.85. The van der Waals surface area contributed by atoms with Crippen LogP contribution in [0.1, 0.15) is 0 Å². The van der Waals surface area contributed by atoms with E-state index >= 15 is 0 Å². The molecule has 2 fully saturated rings. The molecule has 6 nitrogen and oxygen atoms in total. The zero-order valence-corrected chi connectivity index (χ0v) is 11.2. The summed E-state index contributed by atoms with van der Waals surface area (Å²) in [6, 6.07) is 0.132. The standard InChI is InChI=1S/C12H24N4O2/c1-14-9-11(8-13)10-16(12(14)17)3-2-15-4-6-18-7-5-15/h11H,2-10,13H2,1H3. The summed E-state index contributed by atoms with van der Waals surface area (Å²) in [6.07, 6.45) is 0. The molecule has 0 bridgehead atoms. The van der Waals surface area contributed by atoms with E-state index in [4.69, 9.17) is 10.5 Å². The second kappa shape index (κ2) is 6.36. The lowest BCUT2D eigenvalue weighted by atomic mass is 10.1. The van der Waals surface area contributed by atoms with E-state index in [1.807, 2.05) is 11.9 Å². The van der Waals surface area contributed by atoms with E-state index in [1.54, 1.807) is 4.90 Å². The summed E-state index contributed by atoms with van der Waals surface area (Å²) in [5, 5.41) is 0. The third-order valence-corrected chi connectivity index (χ3v) is 3.73. The molecule has 104 valence electrons. The van der Waals surface area contributed by atoms with Gasteiger partial charge in [0.2, 0.25) is 0 Å². The topological polar surface area (TPSA) is 62.0 Å². The van der Waals surface area contributed by atoms with Crippen molar-refractivity contribution in [2.24, 2.45) is 11.7 Å². The fourth-order valence-corrected chi connectivity index (χ4v) is 2.58. The maximum Gasteiger partial charge on any atom is 0.319 e. The van der Waals surface area contributed by atoms with Crippen molar-refractivity contribution in [3.05, 3.63) is 0 Å². The molecule has 2 aliphatic rings. The Morgan fingerprint density at radius 2 is 2.00 bits per heavy atom. The van der Waals surface area contributed by atoms with Crippen LogP contribution in [0.3, 0.4) is 0 Å². The molecule has 2 rings (SSSR count). The highest BCUT2D eigenvalue weighted by molar-refractivity contribution is 5.75. The maximum atomic E-state index is 12.0. The number of amides is 2. The Balaban J connectivity index is 1.80. The summed E-state index contributed by atoms with van der Waals surface area (Å²) in [6.45, 7) is 7.49. The van der Waals surface area contributed by atoms with Crippen molar-refractivity contribution in [2.45, 2.75) is 0 Å². The van der Waals surface area contributed by atoms with Crippen LogP contribution in [0.15, 0.2) is 0 Å². The first-order valence-electron chi connectivity index (χ1n) is 6.71. The van der Waals surface area contributed by atoms with E-state index in [9.17, 15) is 4.79 Å². The van der Waals surface area contributed by atoms with Crippen molar-refractivity contribution < 1.29 is 9.53 Å². The van der Waals surface area contributed by atoms with Crippen LogP contribution in [0.4, 0.5) is 4.79 Å². The summed E-state index contributed by atoms with van der Waals surface area (Å²) in [4.78, 5) is 18.1. The van der Waals surface area contributed by atoms with E-state index in [2.05, 4.69) is 4.90 Å². The van der Waals surface area contributed by atoms with Crippen molar-refractivity contribution >= 4 is 6.03 Å². The number of carbonyl (C=O) groups is 1. The maximum absolute atomic E-state index is 12.0. The molecule has 0 saturated carbocycles. The number of urea groups is 1. The van der Waals surface area contributed by atoms with Crippen molar-refractivity contribution in [1.82, 2.24) is 14.7 Å². The van der Waals surface area contributed by atoms with Gasteiger partial charge in [0.15, 0.2) is 0 Å². The highest BCUT2D eigenvalue weighted by Gasteiger charge is 2.28. The summed E-state index contributed by atoms with van der Waals surface area (Å²) in [5.74, 6) is 0.400. The average molecular weight is 256 g/mol. The molecule has 2 amide bonds. The molecular weight excluding hydrogens is 232 g/mol. The molecule has 0 aromatic heterocycles. The SMILES string of the molecule is CN1CC(CN)CN(CCN2CCOCC2)C1=O. The number of hydrogen-bond donors (Lipinski definition) is 1. The van der Waals surface area contributed by atoms with Gasteiger partial charge in [0.05, 0.1) is 13.2 Å². The van der Waals surface area contributed by atoms with Gasteiger partial charge in [0.1, 0.15) is 0 Å². The van der Waals surface area contributed by atoms with Crippen LogP contribution in [0.2, 0.25) is 0 Å². The zero-order chi connectivity index (χ0) is 13.0. The van der Waals surface area contributed by atoms with Gasteiger partial charge in [-0.15, -0.1) is 0 Å². The van der Waals surface area contributed by atoms with Crippen LogP contribution in [-0.2, 0) is 4.74 Å². The second-order valence-corrected chi connectivity index (χ2v) is 5.16. The number of nitrogens with zero attached hydrogens (tertiary/aromatic N) is 3. The molecule has 0 spiro atoms. The molecule has 6 heteroatoms. The first-order chi connectivity index (χ1) is 8.70. The first kappa shape index (κ1) is 13.6. The number of morpholine rings is 1. The number of nitrogens with two attached hydrogens (primary N) is 1. The normalized spacial score (nSPS) is 26.8. The Labute approximate surface area is 109 Å². The van der Waals surface area contributed by atoms with Gasteiger partial charge in [-0.05, 0) is 6.54 Å². The van der Waals surface area contributed by atoms with Gasteiger partial charge in [-0.3, -0.25) is 4.90 Å². The van der Waals surface area contributed by atoms with Gasteiger partial charge in [-0.1, -0.05) is 0 Å². The molecule has 2 saturated heterocycles. The predicted octanol–water partition coefficient (Wildman–Crippen LogP) is -0.739. The molecule has 0 aliphatic carbocycles. The quantitative estimate of drug-likeness (QED) is 0.720. The lowest BCUT2D eigenvalue weighted by molar-refractivity contribution is 0.0317. The van der Waals surface area contributed by atoms with E-state index < -0.39 is 0 Å². The summed E-state index contributed by atoms with van der Waals surface area (Å²) < 4.78 is 5.32. The van der Waals surface area contributed by atoms with E-state index in [0.29, 0.717) is 12.5 Å². The van der Waals surface area contributed by atoms with E-state index in [-0.39, 0.29) is 6.03 Å². The third-order valence-electron chi connectivity index (χ3n) is 3.73. The highest BCUT2D eigenvalue weighted by atomic mass is 16.5. The Hall–Kier alpha value is -0.850. The molecule has 1 unspecified atom stereocenters. The minimum absolute atomic E-state index is 0.132. The molecule has 0 radical (unpaired) electrons. The van der Waals surface area contributed by atoms with E-state index in [0.717, 1.165) is 52.5 Å². The zero-order valence-electron chi connectivity index (χ0n) is 11.2. The number of hydrogen-bond acceptors (Lipinski definition) is 4. The van der Waals surface area contributed by atoms with Crippen molar-refractivity contribution in [1.29, 1.82) is 0 Å². The smallest absolute Gasteiger partial charge is 0.319 e. The summed E-state index contributed by atoms with van der Waals surface area (Å²) >= 11 is 0. The Bertz CT molecular complexity index is 281. The lowest BCUT2D eigenvalue weighted by Gasteiger charge is -2.39. The van der Waals surface area contributed by atoms with Gasteiger partial charge in [-0.25, -0.2) is 4.79 Å². The van der Waals surface area contributed by atoms with Crippen molar-refractivity contribution in [2.75, 3.05) is 66.1 Å². The second-order valence-electron chi connectivity index (χ2n) is 5.16. The van der Waals surface area contributed by atoms with Crippen molar-refractivity contribution in [3.8, 4) is 0 Å². The van der Waals surface area contributed by atoms with Crippen LogP contribution < -0.4 is 5.73 Å². The van der Waals surface area contributed by atoms with Crippen molar-refractivity contribution in [3.63, 3.8) is 0 Å². The molecule has 2 heterocycles. The molecule has 18 heavy (non-hydrogen) atoms. The summed E-state index contributed by atoms with van der Waals surface area (Å²) in [5.41, 5.74) is 5.72. The van der Waals surface area contributed by atoms with Gasteiger partial charge in [0.25, 0.3) is 0 Å². The number of rotatable bonds is 4. The fourth-order valence-electron chi connectivity index (χ4n) is 2.58. The molecule has 2 aliphatic heterocycles. The first-order valence-corrected chi connectivity index (χ1v) is 6.71.